The Kier molecular flexibility index (Phi) is 5.59. The third kappa shape index (κ3) is 5.15. The van der Waals surface area contributed by atoms with E-state index >= 15 is 0 Å². The fraction of sp³-hybridized carbons (Fsp3) is 0.167. The van der Waals surface area contributed by atoms with Gasteiger partial charge in [0, 0.05) is 12.5 Å². The number of carbonyl (C=O) groups is 1. The molecule has 2 aromatic rings. The highest BCUT2D eigenvalue weighted by Crippen LogP contribution is 2.17. The lowest BCUT2D eigenvalue weighted by atomic mass is 10.2. The first-order valence-corrected chi connectivity index (χ1v) is 6.81. The minimum Gasteiger partial charge on any atom is -0.488 e. The van der Waals surface area contributed by atoms with E-state index in [9.17, 15) is 4.79 Å². The highest BCUT2D eigenvalue weighted by atomic mass is 16.5. The van der Waals surface area contributed by atoms with Gasteiger partial charge in [0.25, 0.3) is 0 Å². The van der Waals surface area contributed by atoms with Gasteiger partial charge in [-0.15, -0.1) is 0 Å². The Morgan fingerprint density at radius 2 is 1.57 bits per heavy atom. The van der Waals surface area contributed by atoms with Gasteiger partial charge in [-0.3, -0.25) is 4.79 Å². The molecule has 3 nitrogen and oxygen atoms in total. The Hall–Kier alpha value is -2.55. The summed E-state index contributed by atoms with van der Waals surface area (Å²) < 4.78 is 10.8. The van der Waals surface area contributed by atoms with E-state index in [-0.39, 0.29) is 12.6 Å². The molecule has 0 unspecified atom stereocenters. The molecule has 21 heavy (non-hydrogen) atoms. The summed E-state index contributed by atoms with van der Waals surface area (Å²) in [4.78, 5) is 10.8. The van der Waals surface area contributed by atoms with Crippen molar-refractivity contribution in [1.82, 2.24) is 0 Å². The van der Waals surface area contributed by atoms with Gasteiger partial charge < -0.3 is 9.47 Å². The van der Waals surface area contributed by atoms with Crippen molar-refractivity contribution in [3.05, 3.63) is 77.9 Å². The second-order valence-corrected chi connectivity index (χ2v) is 4.51. The predicted octanol–water partition coefficient (Wildman–Crippen LogP) is 3.81. The van der Waals surface area contributed by atoms with Crippen LogP contribution < -0.4 is 0 Å². The van der Waals surface area contributed by atoms with Crippen molar-refractivity contribution in [2.75, 3.05) is 6.61 Å². The molecule has 0 aromatic heterocycles. The second kappa shape index (κ2) is 7.90. The summed E-state index contributed by atoms with van der Waals surface area (Å²) in [5.74, 6) is 0.405. The van der Waals surface area contributed by atoms with E-state index in [2.05, 4.69) is 0 Å². The van der Waals surface area contributed by atoms with Gasteiger partial charge in [0.15, 0.2) is 0 Å². The van der Waals surface area contributed by atoms with E-state index in [1.807, 2.05) is 60.7 Å². The van der Waals surface area contributed by atoms with Crippen molar-refractivity contribution in [2.45, 2.75) is 13.5 Å². The van der Waals surface area contributed by atoms with Gasteiger partial charge in [0.1, 0.15) is 19.0 Å². The van der Waals surface area contributed by atoms with Crippen LogP contribution in [0.2, 0.25) is 0 Å². The maximum absolute atomic E-state index is 10.8. The van der Waals surface area contributed by atoms with Gasteiger partial charge in [-0.25, -0.2) is 0 Å². The molecule has 0 aliphatic rings. The van der Waals surface area contributed by atoms with E-state index < -0.39 is 0 Å². The van der Waals surface area contributed by atoms with E-state index in [1.54, 1.807) is 6.08 Å². The Bertz CT molecular complexity index is 588. The van der Waals surface area contributed by atoms with Crippen molar-refractivity contribution < 1.29 is 14.3 Å². The third-order valence-electron chi connectivity index (χ3n) is 2.85. The van der Waals surface area contributed by atoms with Crippen molar-refractivity contribution in [3.63, 3.8) is 0 Å². The molecule has 2 rings (SSSR count). The molecule has 0 atom stereocenters. The smallest absolute Gasteiger partial charge is 0.302 e. The Labute approximate surface area is 124 Å². The molecule has 0 heterocycles. The third-order valence-corrected chi connectivity index (χ3v) is 2.85. The van der Waals surface area contributed by atoms with Crippen LogP contribution in [0.1, 0.15) is 18.1 Å². The van der Waals surface area contributed by atoms with Crippen molar-refractivity contribution in [1.29, 1.82) is 0 Å². The van der Waals surface area contributed by atoms with E-state index in [0.29, 0.717) is 12.4 Å². The molecule has 0 aliphatic carbocycles. The first-order chi connectivity index (χ1) is 10.3. The van der Waals surface area contributed by atoms with Gasteiger partial charge >= 0.3 is 5.97 Å². The summed E-state index contributed by atoms with van der Waals surface area (Å²) in [6.45, 7) is 2.07. The first-order valence-electron chi connectivity index (χ1n) is 6.81. The summed E-state index contributed by atoms with van der Waals surface area (Å²) in [5, 5.41) is 0. The summed E-state index contributed by atoms with van der Waals surface area (Å²) in [6.07, 6.45) is 1.78. The molecule has 2 aromatic carbocycles. The molecule has 0 saturated heterocycles. The molecule has 0 amide bonds. The number of ether oxygens (including phenoxy) is 2. The average molecular weight is 282 g/mol. The molecule has 0 spiro atoms. The maximum atomic E-state index is 10.8. The van der Waals surface area contributed by atoms with Gasteiger partial charge in [-0.05, 0) is 11.6 Å². The monoisotopic (exact) mass is 282 g/mol. The van der Waals surface area contributed by atoms with Crippen LogP contribution in [0.4, 0.5) is 0 Å². The van der Waals surface area contributed by atoms with Crippen LogP contribution in [-0.2, 0) is 20.9 Å². The van der Waals surface area contributed by atoms with Crippen molar-refractivity contribution in [2.24, 2.45) is 0 Å². The molecular weight excluding hydrogens is 264 g/mol. The number of esters is 1. The Balaban J connectivity index is 2.07. The van der Waals surface area contributed by atoms with Crippen LogP contribution in [0.15, 0.2) is 66.7 Å². The zero-order chi connectivity index (χ0) is 14.9. The van der Waals surface area contributed by atoms with Crippen LogP contribution in [0.3, 0.4) is 0 Å². The fourth-order valence-electron chi connectivity index (χ4n) is 1.83. The highest BCUT2D eigenvalue weighted by Gasteiger charge is 2.03. The predicted molar refractivity (Wildman–Crippen MR) is 82.3 cm³/mol. The number of hydrogen-bond donors (Lipinski definition) is 0. The highest BCUT2D eigenvalue weighted by molar-refractivity contribution is 5.66. The zero-order valence-corrected chi connectivity index (χ0v) is 12.0. The molecule has 0 radical (unpaired) electrons. The normalized spacial score (nSPS) is 11.0. The molecule has 0 fully saturated rings. The summed E-state index contributed by atoms with van der Waals surface area (Å²) in [5.41, 5.74) is 2.05. The van der Waals surface area contributed by atoms with Gasteiger partial charge in [-0.2, -0.15) is 0 Å². The van der Waals surface area contributed by atoms with E-state index in [1.165, 1.54) is 6.92 Å². The minimum absolute atomic E-state index is 0.203. The van der Waals surface area contributed by atoms with Crippen LogP contribution in [0.5, 0.6) is 0 Å². The molecule has 0 bridgehead atoms. The lowest BCUT2D eigenvalue weighted by Crippen LogP contribution is -2.00. The summed E-state index contributed by atoms with van der Waals surface area (Å²) in [6, 6.07) is 19.7. The molecule has 0 saturated carbocycles. The molecule has 0 aliphatic heterocycles. The van der Waals surface area contributed by atoms with Gasteiger partial charge in [0.05, 0.1) is 0 Å². The Morgan fingerprint density at radius 1 is 0.952 bits per heavy atom. The topological polar surface area (TPSA) is 35.5 Å². The molecular formula is C18H18O3. The lowest BCUT2D eigenvalue weighted by Gasteiger charge is -2.11. The number of hydrogen-bond acceptors (Lipinski definition) is 3. The molecule has 108 valence electrons. The maximum Gasteiger partial charge on any atom is 0.302 e. The lowest BCUT2D eigenvalue weighted by molar-refractivity contribution is -0.139. The Morgan fingerprint density at radius 3 is 2.19 bits per heavy atom. The van der Waals surface area contributed by atoms with E-state index in [0.717, 1.165) is 11.1 Å². The minimum atomic E-state index is -0.304. The first kappa shape index (κ1) is 14.9. The van der Waals surface area contributed by atoms with E-state index in [4.69, 9.17) is 9.47 Å². The fourth-order valence-corrected chi connectivity index (χ4v) is 1.83. The number of rotatable bonds is 6. The SMILES string of the molecule is CC(=O)OCC=C(OCc1ccccc1)c1ccccc1. The molecule has 3 heteroatoms. The zero-order valence-electron chi connectivity index (χ0n) is 12.0. The van der Waals surface area contributed by atoms with Crippen LogP contribution in [0, 0.1) is 0 Å². The number of carbonyl (C=O) groups excluding carboxylic acids is 1. The molecule has 0 N–H and O–H groups in total. The van der Waals surface area contributed by atoms with Crippen LogP contribution in [0.25, 0.3) is 5.76 Å². The van der Waals surface area contributed by atoms with Crippen molar-refractivity contribution >= 4 is 11.7 Å². The number of benzene rings is 2. The standard InChI is InChI=1S/C18H18O3/c1-15(19)20-13-12-18(17-10-6-3-7-11-17)21-14-16-8-4-2-5-9-16/h2-12H,13-14H2,1H3. The van der Waals surface area contributed by atoms with Crippen molar-refractivity contribution in [3.8, 4) is 0 Å². The van der Waals surface area contributed by atoms with Crippen LogP contribution in [-0.4, -0.2) is 12.6 Å². The van der Waals surface area contributed by atoms with Gasteiger partial charge in [-0.1, -0.05) is 60.7 Å². The largest absolute Gasteiger partial charge is 0.488 e. The summed E-state index contributed by atoms with van der Waals surface area (Å²) in [7, 11) is 0. The van der Waals surface area contributed by atoms with Crippen LogP contribution >= 0.6 is 0 Å². The quantitative estimate of drug-likeness (QED) is 0.597. The second-order valence-electron chi connectivity index (χ2n) is 4.51. The summed E-state index contributed by atoms with van der Waals surface area (Å²) >= 11 is 0. The van der Waals surface area contributed by atoms with Gasteiger partial charge in [0.2, 0.25) is 0 Å². The average Bonchev–Trinajstić information content (AvgIpc) is 2.52.